The summed E-state index contributed by atoms with van der Waals surface area (Å²) in [5.74, 6) is 2.16. The van der Waals surface area contributed by atoms with E-state index in [1.165, 1.54) is 6.42 Å². The Morgan fingerprint density at radius 2 is 1.71 bits per heavy atom. The topological polar surface area (TPSA) is 40.5 Å². The minimum absolute atomic E-state index is 0.157. The molecule has 0 saturated heterocycles. The van der Waals surface area contributed by atoms with Crippen molar-refractivity contribution in [3.63, 3.8) is 0 Å². The highest BCUT2D eigenvalue weighted by Crippen LogP contribution is 2.50. The second kappa shape index (κ2) is 5.27. The molecule has 2 saturated carbocycles. The Bertz CT molecular complexity index is 249. The predicted octanol–water partition coefficient (Wildman–Crippen LogP) is 2.83. The molecule has 100 valence electrons. The van der Waals surface area contributed by atoms with Crippen molar-refractivity contribution in [3.05, 3.63) is 0 Å². The average Bonchev–Trinajstić information content (AvgIpc) is 2.64. The van der Waals surface area contributed by atoms with Gasteiger partial charge in [0.1, 0.15) is 0 Å². The van der Waals surface area contributed by atoms with Crippen LogP contribution in [0, 0.1) is 29.6 Å². The number of hydrogen-bond donors (Lipinski definition) is 2. The van der Waals surface area contributed by atoms with E-state index >= 15 is 0 Å². The zero-order chi connectivity index (χ0) is 12.6. The molecule has 2 aliphatic carbocycles. The number of aliphatic hydroxyl groups excluding tert-OH is 2. The van der Waals surface area contributed by atoms with Crippen molar-refractivity contribution in [2.45, 2.75) is 65.1 Å². The van der Waals surface area contributed by atoms with E-state index in [-0.39, 0.29) is 18.1 Å². The summed E-state index contributed by atoms with van der Waals surface area (Å²) in [6, 6.07) is 0. The number of rotatable bonds is 3. The zero-order valence-corrected chi connectivity index (χ0v) is 11.5. The fraction of sp³-hybridized carbons (Fsp3) is 1.00. The van der Waals surface area contributed by atoms with E-state index in [1.807, 2.05) is 0 Å². The van der Waals surface area contributed by atoms with Crippen molar-refractivity contribution in [3.8, 4) is 0 Å². The van der Waals surface area contributed by atoms with Crippen molar-refractivity contribution < 1.29 is 10.2 Å². The van der Waals surface area contributed by atoms with E-state index in [4.69, 9.17) is 0 Å². The molecular formula is C15H28O2. The SMILES string of the molecule is CCC(CC)[C@@H]1CC2CC[C@H](C)C(O)C2C1O. The Morgan fingerprint density at radius 3 is 2.29 bits per heavy atom. The smallest absolute Gasteiger partial charge is 0.0626 e. The molecule has 0 aliphatic heterocycles. The molecule has 0 radical (unpaired) electrons. The first kappa shape index (κ1) is 13.4. The number of aliphatic hydroxyl groups is 2. The summed E-state index contributed by atoms with van der Waals surface area (Å²) in [7, 11) is 0. The van der Waals surface area contributed by atoms with Crippen LogP contribution in [0.2, 0.25) is 0 Å². The maximum atomic E-state index is 10.5. The van der Waals surface area contributed by atoms with Gasteiger partial charge in [-0.15, -0.1) is 0 Å². The van der Waals surface area contributed by atoms with Gasteiger partial charge in [0.25, 0.3) is 0 Å². The van der Waals surface area contributed by atoms with Crippen LogP contribution < -0.4 is 0 Å². The molecule has 4 unspecified atom stereocenters. The lowest BCUT2D eigenvalue weighted by atomic mass is 9.73. The Hall–Kier alpha value is -0.0800. The van der Waals surface area contributed by atoms with Crippen LogP contribution in [-0.2, 0) is 0 Å². The van der Waals surface area contributed by atoms with E-state index in [1.54, 1.807) is 0 Å². The van der Waals surface area contributed by atoms with E-state index in [0.717, 1.165) is 25.7 Å². The minimum atomic E-state index is -0.275. The van der Waals surface area contributed by atoms with Gasteiger partial charge >= 0.3 is 0 Å². The second-order valence-corrected chi connectivity index (χ2v) is 6.35. The monoisotopic (exact) mass is 240 g/mol. The van der Waals surface area contributed by atoms with Gasteiger partial charge in [0.15, 0.2) is 0 Å². The van der Waals surface area contributed by atoms with E-state index in [2.05, 4.69) is 20.8 Å². The van der Waals surface area contributed by atoms with Crippen molar-refractivity contribution in [1.29, 1.82) is 0 Å². The van der Waals surface area contributed by atoms with Crippen LogP contribution in [0.3, 0.4) is 0 Å². The molecule has 6 atom stereocenters. The highest BCUT2D eigenvalue weighted by atomic mass is 16.3. The Labute approximate surface area is 105 Å². The molecule has 2 aliphatic rings. The van der Waals surface area contributed by atoms with Crippen molar-refractivity contribution in [1.82, 2.24) is 0 Å². The van der Waals surface area contributed by atoms with Crippen LogP contribution in [0.25, 0.3) is 0 Å². The molecule has 0 aromatic rings. The predicted molar refractivity (Wildman–Crippen MR) is 69.6 cm³/mol. The first-order chi connectivity index (χ1) is 8.10. The van der Waals surface area contributed by atoms with Gasteiger partial charge in [0.2, 0.25) is 0 Å². The zero-order valence-electron chi connectivity index (χ0n) is 11.5. The minimum Gasteiger partial charge on any atom is -0.392 e. The third-order valence-corrected chi connectivity index (χ3v) is 5.58. The quantitative estimate of drug-likeness (QED) is 0.796. The second-order valence-electron chi connectivity index (χ2n) is 6.35. The summed E-state index contributed by atoms with van der Waals surface area (Å²) < 4.78 is 0. The summed E-state index contributed by atoms with van der Waals surface area (Å²) in [6.45, 7) is 6.57. The lowest BCUT2D eigenvalue weighted by Crippen LogP contribution is -2.41. The molecule has 0 aromatic carbocycles. The van der Waals surface area contributed by atoms with Crippen molar-refractivity contribution >= 4 is 0 Å². The lowest BCUT2D eigenvalue weighted by Gasteiger charge is -2.37. The van der Waals surface area contributed by atoms with E-state index in [0.29, 0.717) is 23.7 Å². The van der Waals surface area contributed by atoms with Gasteiger partial charge in [-0.2, -0.15) is 0 Å². The lowest BCUT2D eigenvalue weighted by molar-refractivity contribution is -0.0532. The molecular weight excluding hydrogens is 212 g/mol. The maximum absolute atomic E-state index is 10.5. The normalized spacial score (nSPS) is 46.2. The Morgan fingerprint density at radius 1 is 1.06 bits per heavy atom. The molecule has 2 N–H and O–H groups in total. The van der Waals surface area contributed by atoms with Crippen molar-refractivity contribution in [2.24, 2.45) is 29.6 Å². The van der Waals surface area contributed by atoms with E-state index in [9.17, 15) is 10.2 Å². The molecule has 2 fully saturated rings. The molecule has 2 heteroatoms. The van der Waals surface area contributed by atoms with Crippen LogP contribution in [0.4, 0.5) is 0 Å². The van der Waals surface area contributed by atoms with Gasteiger partial charge in [-0.05, 0) is 42.9 Å². The highest BCUT2D eigenvalue weighted by Gasteiger charge is 2.50. The molecule has 2 nitrogen and oxygen atoms in total. The Balaban J connectivity index is 2.11. The first-order valence-corrected chi connectivity index (χ1v) is 7.46. The largest absolute Gasteiger partial charge is 0.392 e. The molecule has 0 amide bonds. The highest BCUT2D eigenvalue weighted by molar-refractivity contribution is 4.99. The summed E-state index contributed by atoms with van der Waals surface area (Å²) in [6.07, 6.45) is 5.25. The molecule has 0 aromatic heterocycles. The summed E-state index contributed by atoms with van der Waals surface area (Å²) in [5, 5.41) is 20.8. The van der Waals surface area contributed by atoms with Crippen LogP contribution >= 0.6 is 0 Å². The third-order valence-electron chi connectivity index (χ3n) is 5.58. The van der Waals surface area contributed by atoms with Gasteiger partial charge in [-0.3, -0.25) is 0 Å². The molecule has 0 spiro atoms. The number of hydrogen-bond acceptors (Lipinski definition) is 2. The van der Waals surface area contributed by atoms with Gasteiger partial charge in [0.05, 0.1) is 12.2 Å². The van der Waals surface area contributed by atoms with Gasteiger partial charge < -0.3 is 10.2 Å². The molecule has 0 bridgehead atoms. The van der Waals surface area contributed by atoms with Crippen molar-refractivity contribution in [2.75, 3.05) is 0 Å². The summed E-state index contributed by atoms with van der Waals surface area (Å²) >= 11 is 0. The average molecular weight is 240 g/mol. The molecule has 2 rings (SSSR count). The first-order valence-electron chi connectivity index (χ1n) is 7.46. The van der Waals surface area contributed by atoms with Gasteiger partial charge in [-0.1, -0.05) is 33.6 Å². The van der Waals surface area contributed by atoms with E-state index < -0.39 is 0 Å². The van der Waals surface area contributed by atoms with Crippen LogP contribution in [-0.4, -0.2) is 22.4 Å². The maximum Gasteiger partial charge on any atom is 0.0626 e. The summed E-state index contributed by atoms with van der Waals surface area (Å²) in [4.78, 5) is 0. The summed E-state index contributed by atoms with van der Waals surface area (Å²) in [5.41, 5.74) is 0. The van der Waals surface area contributed by atoms with Gasteiger partial charge in [0, 0.05) is 5.92 Å². The van der Waals surface area contributed by atoms with Gasteiger partial charge in [-0.25, -0.2) is 0 Å². The fourth-order valence-corrected chi connectivity index (χ4v) is 4.39. The molecule has 17 heavy (non-hydrogen) atoms. The molecule has 0 heterocycles. The van der Waals surface area contributed by atoms with Crippen LogP contribution in [0.1, 0.15) is 52.9 Å². The number of fused-ring (bicyclic) bond motifs is 1. The standard InChI is InChI=1S/C15H28O2/c1-4-10(5-2)12-8-11-7-6-9(3)14(16)13(11)15(12)17/h9-17H,4-8H2,1-3H3/t9-,11?,12-,13?,14?,15?/m0/s1. The fourth-order valence-electron chi connectivity index (χ4n) is 4.39. The van der Waals surface area contributed by atoms with Crippen LogP contribution in [0.5, 0.6) is 0 Å². The Kier molecular flexibility index (Phi) is 4.14. The third kappa shape index (κ3) is 2.26. The van der Waals surface area contributed by atoms with Crippen LogP contribution in [0.15, 0.2) is 0 Å².